The number of rotatable bonds is 7. The Kier molecular flexibility index (Phi) is 4.92. The predicted octanol–water partition coefficient (Wildman–Crippen LogP) is 2.65. The Bertz CT molecular complexity index is 597. The van der Waals surface area contributed by atoms with Gasteiger partial charge >= 0.3 is 5.97 Å². The minimum absolute atomic E-state index is 0.471. The summed E-state index contributed by atoms with van der Waals surface area (Å²) in [5.74, 6) is -0.00955. The van der Waals surface area contributed by atoms with Gasteiger partial charge in [0.15, 0.2) is 0 Å². The molecule has 6 heteroatoms. The average molecular weight is 294 g/mol. The molecule has 0 radical (unpaired) electrons. The van der Waals surface area contributed by atoms with E-state index in [-0.39, 0.29) is 0 Å². The van der Waals surface area contributed by atoms with Gasteiger partial charge in [0.2, 0.25) is 0 Å². The normalized spacial score (nSPS) is 12.5. The molecule has 2 rings (SSSR count). The summed E-state index contributed by atoms with van der Waals surface area (Å²) in [6.07, 6.45) is 1.45. The molecular formula is C14H18N2O3S. The van der Waals surface area contributed by atoms with Crippen molar-refractivity contribution in [2.45, 2.75) is 32.4 Å². The van der Waals surface area contributed by atoms with E-state index in [9.17, 15) is 4.79 Å². The minimum atomic E-state index is -0.811. The zero-order valence-electron chi connectivity index (χ0n) is 11.5. The first-order chi connectivity index (χ1) is 9.63. The summed E-state index contributed by atoms with van der Waals surface area (Å²) in [5, 5.41) is 13.0. The Morgan fingerprint density at radius 1 is 1.55 bits per heavy atom. The van der Waals surface area contributed by atoms with Crippen LogP contribution < -0.4 is 10.1 Å². The lowest BCUT2D eigenvalue weighted by Crippen LogP contribution is -2.35. The van der Waals surface area contributed by atoms with E-state index in [0.717, 1.165) is 27.4 Å². The number of fused-ring (bicyclic) bond motifs is 1. The molecule has 0 saturated heterocycles. The van der Waals surface area contributed by atoms with Gasteiger partial charge in [-0.3, -0.25) is 10.1 Å². The SMILES string of the molecule is CCCC(NCc1nc2ccc(OC)cc2s1)C(=O)O. The third-order valence-electron chi connectivity index (χ3n) is 3.02. The van der Waals surface area contributed by atoms with Crippen molar-refractivity contribution in [3.63, 3.8) is 0 Å². The van der Waals surface area contributed by atoms with Crippen LogP contribution in [0.1, 0.15) is 24.8 Å². The Morgan fingerprint density at radius 3 is 3.00 bits per heavy atom. The molecule has 0 spiro atoms. The Morgan fingerprint density at radius 2 is 2.35 bits per heavy atom. The van der Waals surface area contributed by atoms with Crippen LogP contribution in [0.3, 0.4) is 0 Å². The Balaban J connectivity index is 2.07. The molecule has 0 fully saturated rings. The van der Waals surface area contributed by atoms with Gasteiger partial charge in [-0.15, -0.1) is 11.3 Å². The number of nitrogens with one attached hydrogen (secondary N) is 1. The first-order valence-electron chi connectivity index (χ1n) is 6.53. The van der Waals surface area contributed by atoms with Gasteiger partial charge in [0.05, 0.1) is 17.3 Å². The van der Waals surface area contributed by atoms with Crippen molar-refractivity contribution in [2.75, 3.05) is 7.11 Å². The lowest BCUT2D eigenvalue weighted by Gasteiger charge is -2.11. The monoisotopic (exact) mass is 294 g/mol. The van der Waals surface area contributed by atoms with Crippen molar-refractivity contribution in [2.24, 2.45) is 0 Å². The smallest absolute Gasteiger partial charge is 0.320 e. The average Bonchev–Trinajstić information content (AvgIpc) is 2.84. The van der Waals surface area contributed by atoms with E-state index in [1.165, 1.54) is 0 Å². The van der Waals surface area contributed by atoms with Crippen LogP contribution in [0.15, 0.2) is 18.2 Å². The molecular weight excluding hydrogens is 276 g/mol. The number of carboxylic acids is 1. The number of benzene rings is 1. The second kappa shape index (κ2) is 6.67. The van der Waals surface area contributed by atoms with Gasteiger partial charge < -0.3 is 9.84 Å². The van der Waals surface area contributed by atoms with Crippen LogP contribution in [0.25, 0.3) is 10.2 Å². The van der Waals surface area contributed by atoms with Crippen molar-refractivity contribution < 1.29 is 14.6 Å². The highest BCUT2D eigenvalue weighted by molar-refractivity contribution is 7.18. The maximum Gasteiger partial charge on any atom is 0.320 e. The van der Waals surface area contributed by atoms with E-state index in [0.29, 0.717) is 13.0 Å². The number of carbonyl (C=O) groups is 1. The molecule has 0 amide bonds. The van der Waals surface area contributed by atoms with Crippen LogP contribution in [0.5, 0.6) is 5.75 Å². The molecule has 1 unspecified atom stereocenters. The van der Waals surface area contributed by atoms with E-state index in [1.54, 1.807) is 18.4 Å². The third-order valence-corrected chi connectivity index (χ3v) is 4.03. The summed E-state index contributed by atoms with van der Waals surface area (Å²) >= 11 is 1.55. The second-order valence-corrected chi connectivity index (χ2v) is 5.62. The number of thiazole rings is 1. The van der Waals surface area contributed by atoms with Gasteiger partial charge in [0.25, 0.3) is 0 Å². The quantitative estimate of drug-likeness (QED) is 0.821. The number of ether oxygens (including phenoxy) is 1. The fourth-order valence-corrected chi connectivity index (χ4v) is 2.91. The fourth-order valence-electron chi connectivity index (χ4n) is 1.97. The fraction of sp³-hybridized carbons (Fsp3) is 0.429. The van der Waals surface area contributed by atoms with Gasteiger partial charge in [-0.2, -0.15) is 0 Å². The van der Waals surface area contributed by atoms with Crippen molar-refractivity contribution in [1.29, 1.82) is 0 Å². The molecule has 1 heterocycles. The highest BCUT2D eigenvalue weighted by Crippen LogP contribution is 2.26. The highest BCUT2D eigenvalue weighted by Gasteiger charge is 2.16. The number of carboxylic acid groups (broad SMARTS) is 1. The molecule has 1 atom stereocenters. The maximum absolute atomic E-state index is 11.1. The van der Waals surface area contributed by atoms with Crippen molar-refractivity contribution >= 4 is 27.5 Å². The standard InChI is InChI=1S/C14H18N2O3S/c1-3-4-11(14(17)18)15-8-13-16-10-6-5-9(19-2)7-12(10)20-13/h5-7,11,15H,3-4,8H2,1-2H3,(H,17,18). The lowest BCUT2D eigenvalue weighted by molar-refractivity contribution is -0.139. The molecule has 108 valence electrons. The number of hydrogen-bond donors (Lipinski definition) is 2. The topological polar surface area (TPSA) is 71.5 Å². The number of aliphatic carboxylic acids is 1. The summed E-state index contributed by atoms with van der Waals surface area (Å²) in [7, 11) is 1.63. The zero-order chi connectivity index (χ0) is 14.5. The molecule has 2 aromatic rings. The molecule has 1 aromatic carbocycles. The van der Waals surface area contributed by atoms with Crippen LogP contribution in [-0.2, 0) is 11.3 Å². The van der Waals surface area contributed by atoms with E-state index in [2.05, 4.69) is 10.3 Å². The van der Waals surface area contributed by atoms with E-state index in [1.807, 2.05) is 25.1 Å². The molecule has 0 saturated carbocycles. The van der Waals surface area contributed by atoms with Crippen LogP contribution in [-0.4, -0.2) is 29.2 Å². The molecule has 1 aromatic heterocycles. The Labute approximate surface area is 121 Å². The molecule has 2 N–H and O–H groups in total. The van der Waals surface area contributed by atoms with Gasteiger partial charge in [0, 0.05) is 6.54 Å². The van der Waals surface area contributed by atoms with Gasteiger partial charge in [-0.05, 0) is 24.6 Å². The molecule has 0 aliphatic rings. The second-order valence-electron chi connectivity index (χ2n) is 4.50. The largest absolute Gasteiger partial charge is 0.497 e. The summed E-state index contributed by atoms with van der Waals surface area (Å²) < 4.78 is 6.22. The first kappa shape index (κ1) is 14.7. The van der Waals surface area contributed by atoms with Gasteiger partial charge in [0.1, 0.15) is 16.8 Å². The number of hydrogen-bond acceptors (Lipinski definition) is 5. The van der Waals surface area contributed by atoms with E-state index >= 15 is 0 Å². The molecule has 0 bridgehead atoms. The van der Waals surface area contributed by atoms with Crippen LogP contribution in [0, 0.1) is 0 Å². The van der Waals surface area contributed by atoms with Crippen LogP contribution >= 0.6 is 11.3 Å². The molecule has 5 nitrogen and oxygen atoms in total. The van der Waals surface area contributed by atoms with Crippen molar-refractivity contribution in [3.05, 3.63) is 23.2 Å². The van der Waals surface area contributed by atoms with Gasteiger partial charge in [-0.1, -0.05) is 13.3 Å². The van der Waals surface area contributed by atoms with Gasteiger partial charge in [-0.25, -0.2) is 4.98 Å². The van der Waals surface area contributed by atoms with Crippen LogP contribution in [0.2, 0.25) is 0 Å². The summed E-state index contributed by atoms with van der Waals surface area (Å²) in [6.45, 7) is 2.44. The number of methoxy groups -OCH3 is 1. The predicted molar refractivity (Wildman–Crippen MR) is 79.3 cm³/mol. The maximum atomic E-state index is 11.1. The molecule has 20 heavy (non-hydrogen) atoms. The van der Waals surface area contributed by atoms with Crippen molar-refractivity contribution in [3.8, 4) is 5.75 Å². The third kappa shape index (κ3) is 3.46. The van der Waals surface area contributed by atoms with Crippen LogP contribution in [0.4, 0.5) is 0 Å². The molecule has 0 aliphatic heterocycles. The van der Waals surface area contributed by atoms with Crippen molar-refractivity contribution in [1.82, 2.24) is 10.3 Å². The summed E-state index contributed by atoms with van der Waals surface area (Å²) in [4.78, 5) is 15.6. The summed E-state index contributed by atoms with van der Waals surface area (Å²) in [6, 6.07) is 5.21. The first-order valence-corrected chi connectivity index (χ1v) is 7.35. The summed E-state index contributed by atoms with van der Waals surface area (Å²) in [5.41, 5.74) is 0.912. The lowest BCUT2D eigenvalue weighted by atomic mass is 10.2. The number of aromatic nitrogens is 1. The van der Waals surface area contributed by atoms with E-state index in [4.69, 9.17) is 9.84 Å². The highest BCUT2D eigenvalue weighted by atomic mass is 32.1. The molecule has 0 aliphatic carbocycles. The number of nitrogens with zero attached hydrogens (tertiary/aromatic N) is 1. The van der Waals surface area contributed by atoms with E-state index < -0.39 is 12.0 Å². The Hall–Kier alpha value is -1.66. The minimum Gasteiger partial charge on any atom is -0.497 e. The zero-order valence-corrected chi connectivity index (χ0v) is 12.4.